The molecule has 4 rings (SSSR count). The SMILES string of the molecule is CC(C)c1c(C(=O)NCCOc2cccc3ccccc23)cnn1-c1ccc(C(F)(F)F)cn1. The number of fused-ring (bicyclic) bond motifs is 1. The predicted octanol–water partition coefficient (Wildman–Crippen LogP) is 5.37. The zero-order chi connectivity index (χ0) is 24.3. The standard InChI is InChI=1S/C25H23F3N4O2/c1-16(2)23-20(15-31-32(23)22-11-10-18(14-30-22)25(26,27)28)24(33)29-12-13-34-21-9-5-7-17-6-3-4-8-19(17)21/h3-11,14-16H,12-13H2,1-2H3,(H,29,33). The average molecular weight is 468 g/mol. The molecular weight excluding hydrogens is 445 g/mol. The zero-order valence-corrected chi connectivity index (χ0v) is 18.6. The maximum atomic E-state index is 12.8. The number of benzene rings is 2. The molecule has 0 aliphatic rings. The van der Waals surface area contributed by atoms with Crippen LogP contribution in [0.15, 0.2) is 67.0 Å². The Morgan fingerprint density at radius 2 is 1.82 bits per heavy atom. The second-order valence-electron chi connectivity index (χ2n) is 7.99. The molecule has 0 saturated carbocycles. The third kappa shape index (κ3) is 4.88. The minimum atomic E-state index is -4.48. The molecule has 0 atom stereocenters. The van der Waals surface area contributed by atoms with Gasteiger partial charge in [0.15, 0.2) is 5.82 Å². The molecule has 0 saturated heterocycles. The molecule has 2 aromatic carbocycles. The van der Waals surface area contributed by atoms with E-state index in [1.807, 2.05) is 56.3 Å². The van der Waals surface area contributed by atoms with Crippen LogP contribution in [-0.2, 0) is 6.18 Å². The van der Waals surface area contributed by atoms with Crippen molar-refractivity contribution in [1.82, 2.24) is 20.1 Å². The van der Waals surface area contributed by atoms with Crippen LogP contribution in [0.1, 0.15) is 41.4 Å². The number of alkyl halides is 3. The fourth-order valence-electron chi connectivity index (χ4n) is 3.69. The third-order valence-electron chi connectivity index (χ3n) is 5.28. The first kappa shape index (κ1) is 23.3. The molecular formula is C25H23F3N4O2. The number of carbonyl (C=O) groups excluding carboxylic acids is 1. The highest BCUT2D eigenvalue weighted by Gasteiger charge is 2.31. The Morgan fingerprint density at radius 3 is 2.53 bits per heavy atom. The maximum Gasteiger partial charge on any atom is 0.417 e. The van der Waals surface area contributed by atoms with Gasteiger partial charge in [0.1, 0.15) is 12.4 Å². The monoisotopic (exact) mass is 468 g/mol. The summed E-state index contributed by atoms with van der Waals surface area (Å²) >= 11 is 0. The van der Waals surface area contributed by atoms with Gasteiger partial charge < -0.3 is 10.1 Å². The molecule has 6 nitrogen and oxygen atoms in total. The van der Waals surface area contributed by atoms with E-state index < -0.39 is 11.7 Å². The van der Waals surface area contributed by atoms with Gasteiger partial charge in [0.05, 0.1) is 29.6 Å². The Bertz CT molecular complexity index is 1290. The molecule has 1 amide bonds. The summed E-state index contributed by atoms with van der Waals surface area (Å²) in [5.41, 5.74) is 0.0419. The van der Waals surface area contributed by atoms with E-state index in [1.165, 1.54) is 16.9 Å². The van der Waals surface area contributed by atoms with Gasteiger partial charge in [-0.2, -0.15) is 18.3 Å². The molecule has 0 unspecified atom stereocenters. The summed E-state index contributed by atoms with van der Waals surface area (Å²) in [5, 5.41) is 9.09. The van der Waals surface area contributed by atoms with E-state index in [0.717, 1.165) is 28.8 Å². The number of amides is 1. The van der Waals surface area contributed by atoms with E-state index in [4.69, 9.17) is 4.74 Å². The molecule has 0 spiro atoms. The molecule has 9 heteroatoms. The summed E-state index contributed by atoms with van der Waals surface area (Å²) in [6.07, 6.45) is -2.32. The maximum absolute atomic E-state index is 12.8. The Balaban J connectivity index is 1.44. The molecule has 2 heterocycles. The first-order chi connectivity index (χ1) is 16.3. The molecule has 2 aromatic heterocycles. The van der Waals surface area contributed by atoms with Crippen molar-refractivity contribution in [2.45, 2.75) is 25.9 Å². The van der Waals surface area contributed by atoms with Crippen LogP contribution in [0.2, 0.25) is 0 Å². The highest BCUT2D eigenvalue weighted by atomic mass is 19.4. The summed E-state index contributed by atoms with van der Waals surface area (Å²) in [5.74, 6) is 0.467. The number of aromatic nitrogens is 3. The first-order valence-electron chi connectivity index (χ1n) is 10.8. The van der Waals surface area contributed by atoms with E-state index >= 15 is 0 Å². The van der Waals surface area contributed by atoms with Crippen LogP contribution < -0.4 is 10.1 Å². The molecule has 0 aliphatic heterocycles. The number of halogens is 3. The number of rotatable bonds is 7. The van der Waals surface area contributed by atoms with Gasteiger partial charge in [-0.1, -0.05) is 50.2 Å². The van der Waals surface area contributed by atoms with Crippen molar-refractivity contribution >= 4 is 16.7 Å². The molecule has 0 radical (unpaired) electrons. The second-order valence-corrected chi connectivity index (χ2v) is 7.99. The number of ether oxygens (including phenoxy) is 1. The van der Waals surface area contributed by atoms with Gasteiger partial charge in [0, 0.05) is 11.6 Å². The summed E-state index contributed by atoms with van der Waals surface area (Å²) in [6.45, 7) is 4.28. The molecule has 1 N–H and O–H groups in total. The number of nitrogens with zero attached hydrogens (tertiary/aromatic N) is 3. The molecule has 0 bridgehead atoms. The van der Waals surface area contributed by atoms with Crippen LogP contribution >= 0.6 is 0 Å². The van der Waals surface area contributed by atoms with Gasteiger partial charge in [0.25, 0.3) is 5.91 Å². The number of hydrogen-bond donors (Lipinski definition) is 1. The average Bonchev–Trinajstić information content (AvgIpc) is 3.27. The van der Waals surface area contributed by atoms with Crippen molar-refractivity contribution in [2.24, 2.45) is 0 Å². The van der Waals surface area contributed by atoms with Crippen LogP contribution in [0.5, 0.6) is 5.75 Å². The van der Waals surface area contributed by atoms with Gasteiger partial charge in [-0.05, 0) is 29.5 Å². The van der Waals surface area contributed by atoms with Gasteiger partial charge in [-0.3, -0.25) is 4.79 Å². The van der Waals surface area contributed by atoms with Crippen LogP contribution in [-0.4, -0.2) is 33.8 Å². The van der Waals surface area contributed by atoms with E-state index in [1.54, 1.807) is 0 Å². The van der Waals surface area contributed by atoms with Crippen molar-refractivity contribution in [3.05, 3.63) is 83.8 Å². The lowest BCUT2D eigenvalue weighted by atomic mass is 10.1. The van der Waals surface area contributed by atoms with Crippen molar-refractivity contribution in [2.75, 3.05) is 13.2 Å². The van der Waals surface area contributed by atoms with E-state index in [0.29, 0.717) is 11.3 Å². The summed E-state index contributed by atoms with van der Waals surface area (Å²) in [6, 6.07) is 15.8. The molecule has 0 fully saturated rings. The van der Waals surface area contributed by atoms with Gasteiger partial charge in [0.2, 0.25) is 0 Å². The summed E-state index contributed by atoms with van der Waals surface area (Å²) in [7, 11) is 0. The Morgan fingerprint density at radius 1 is 1.06 bits per heavy atom. The van der Waals surface area contributed by atoms with Crippen molar-refractivity contribution in [1.29, 1.82) is 0 Å². The van der Waals surface area contributed by atoms with Crippen LogP contribution in [0.25, 0.3) is 16.6 Å². The fraction of sp³-hybridized carbons (Fsp3) is 0.240. The topological polar surface area (TPSA) is 69.0 Å². The fourth-order valence-corrected chi connectivity index (χ4v) is 3.69. The van der Waals surface area contributed by atoms with E-state index in [2.05, 4.69) is 15.4 Å². The Kier molecular flexibility index (Phi) is 6.54. The third-order valence-corrected chi connectivity index (χ3v) is 5.28. The number of carbonyl (C=O) groups is 1. The number of hydrogen-bond acceptors (Lipinski definition) is 4. The van der Waals surface area contributed by atoms with Gasteiger partial charge in [-0.15, -0.1) is 0 Å². The number of nitrogens with one attached hydrogen (secondary N) is 1. The van der Waals surface area contributed by atoms with E-state index in [9.17, 15) is 18.0 Å². The van der Waals surface area contributed by atoms with E-state index in [-0.39, 0.29) is 30.8 Å². The van der Waals surface area contributed by atoms with Gasteiger partial charge in [-0.25, -0.2) is 9.67 Å². The second kappa shape index (κ2) is 9.54. The largest absolute Gasteiger partial charge is 0.491 e. The summed E-state index contributed by atoms with van der Waals surface area (Å²) in [4.78, 5) is 16.7. The smallest absolute Gasteiger partial charge is 0.417 e. The lowest BCUT2D eigenvalue weighted by Crippen LogP contribution is -2.29. The minimum absolute atomic E-state index is 0.126. The van der Waals surface area contributed by atoms with Gasteiger partial charge >= 0.3 is 6.18 Å². The Hall–Kier alpha value is -3.88. The van der Waals surface area contributed by atoms with Crippen molar-refractivity contribution in [3.63, 3.8) is 0 Å². The molecule has 4 aromatic rings. The highest BCUT2D eigenvalue weighted by Crippen LogP contribution is 2.29. The normalized spacial score (nSPS) is 11.7. The predicted molar refractivity (Wildman–Crippen MR) is 122 cm³/mol. The summed E-state index contributed by atoms with van der Waals surface area (Å²) < 4.78 is 45.8. The Labute approximate surface area is 194 Å². The first-order valence-corrected chi connectivity index (χ1v) is 10.8. The van der Waals surface area contributed by atoms with Crippen LogP contribution in [0, 0.1) is 0 Å². The zero-order valence-electron chi connectivity index (χ0n) is 18.6. The molecule has 0 aliphatic carbocycles. The number of pyridine rings is 1. The van der Waals surface area contributed by atoms with Crippen molar-refractivity contribution in [3.8, 4) is 11.6 Å². The lowest BCUT2D eigenvalue weighted by molar-refractivity contribution is -0.137. The molecule has 34 heavy (non-hydrogen) atoms. The minimum Gasteiger partial charge on any atom is -0.491 e. The molecule has 176 valence electrons. The highest BCUT2D eigenvalue weighted by molar-refractivity contribution is 5.95. The lowest BCUT2D eigenvalue weighted by Gasteiger charge is -2.13. The quantitative estimate of drug-likeness (QED) is 0.370. The van der Waals surface area contributed by atoms with Crippen LogP contribution in [0.3, 0.4) is 0 Å². The van der Waals surface area contributed by atoms with Crippen LogP contribution in [0.4, 0.5) is 13.2 Å². The van der Waals surface area contributed by atoms with Crippen molar-refractivity contribution < 1.29 is 22.7 Å².